The second-order valence-corrected chi connectivity index (χ2v) is 4.94. The van der Waals surface area contributed by atoms with Gasteiger partial charge < -0.3 is 10.2 Å². The highest BCUT2D eigenvalue weighted by Gasteiger charge is 2.25. The van der Waals surface area contributed by atoms with E-state index in [1.165, 1.54) is 0 Å². The highest BCUT2D eigenvalue weighted by Crippen LogP contribution is 2.28. The van der Waals surface area contributed by atoms with Crippen LogP contribution in [0.4, 0.5) is 4.79 Å². The van der Waals surface area contributed by atoms with E-state index < -0.39 is 0 Å². The summed E-state index contributed by atoms with van der Waals surface area (Å²) in [6.45, 7) is 3.26. The number of rotatable bonds is 1. The Morgan fingerprint density at radius 2 is 2.35 bits per heavy atom. The molecule has 0 unspecified atom stereocenters. The Labute approximate surface area is 117 Å². The molecule has 0 aromatic carbocycles. The van der Waals surface area contributed by atoms with E-state index >= 15 is 0 Å². The number of aromatic amines is 1. The minimum Gasteiger partial charge on any atom is -0.341 e. The number of hydrogen-bond acceptors (Lipinski definition) is 3. The summed E-state index contributed by atoms with van der Waals surface area (Å²) in [4.78, 5) is 17.8. The van der Waals surface area contributed by atoms with Gasteiger partial charge in [0.1, 0.15) is 0 Å². The number of aromatic nitrogens is 3. The number of pyridine rings is 1. The number of carbonyl (C=O) groups excluding carboxylic acids is 1. The van der Waals surface area contributed by atoms with Gasteiger partial charge in [0.25, 0.3) is 0 Å². The molecule has 0 saturated heterocycles. The predicted octanol–water partition coefficient (Wildman–Crippen LogP) is 1.48. The number of fused-ring (bicyclic) bond motifs is 1. The number of amides is 2. The number of carbonyl (C=O) groups is 1. The van der Waals surface area contributed by atoms with E-state index in [0.717, 1.165) is 34.6 Å². The number of aryl methyl sites for hydroxylation is 1. The van der Waals surface area contributed by atoms with Crippen LogP contribution in [-0.4, -0.2) is 39.7 Å². The lowest BCUT2D eigenvalue weighted by molar-refractivity contribution is 0.194. The summed E-state index contributed by atoms with van der Waals surface area (Å²) in [7, 11) is 1.65. The van der Waals surface area contributed by atoms with Crippen LogP contribution >= 0.6 is 0 Å². The van der Waals surface area contributed by atoms with E-state index in [4.69, 9.17) is 0 Å². The predicted molar refractivity (Wildman–Crippen MR) is 75.1 cm³/mol. The van der Waals surface area contributed by atoms with E-state index in [2.05, 4.69) is 20.5 Å². The molecule has 2 N–H and O–H groups in total. The molecule has 104 valence electrons. The van der Waals surface area contributed by atoms with Crippen molar-refractivity contribution in [2.75, 3.05) is 13.6 Å². The molecule has 2 aromatic rings. The molecule has 0 bridgehead atoms. The van der Waals surface area contributed by atoms with E-state index in [9.17, 15) is 4.79 Å². The molecule has 0 atom stereocenters. The van der Waals surface area contributed by atoms with Crippen molar-refractivity contribution in [3.63, 3.8) is 0 Å². The molecule has 0 radical (unpaired) electrons. The van der Waals surface area contributed by atoms with E-state index in [0.29, 0.717) is 13.1 Å². The minimum atomic E-state index is -0.0475. The highest BCUT2D eigenvalue weighted by atomic mass is 16.2. The van der Waals surface area contributed by atoms with Gasteiger partial charge >= 0.3 is 6.03 Å². The lowest BCUT2D eigenvalue weighted by atomic mass is 10.0. The average molecular weight is 271 g/mol. The third kappa shape index (κ3) is 2.13. The van der Waals surface area contributed by atoms with Gasteiger partial charge in [-0.15, -0.1) is 0 Å². The van der Waals surface area contributed by atoms with Gasteiger partial charge in [0.2, 0.25) is 0 Å². The van der Waals surface area contributed by atoms with Crippen molar-refractivity contribution in [1.82, 2.24) is 25.4 Å². The molecule has 0 fully saturated rings. The maximum Gasteiger partial charge on any atom is 0.317 e. The standard InChI is InChI=1S/C14H17N5O/c1-9-7-10(3-5-16-9)13-11-8-19(14(20)15-2)6-4-12(11)17-18-13/h3,5,7H,4,6,8H2,1-2H3,(H,15,20)(H,17,18). The minimum absolute atomic E-state index is 0.0475. The van der Waals surface area contributed by atoms with Gasteiger partial charge in [0, 0.05) is 48.7 Å². The monoisotopic (exact) mass is 271 g/mol. The summed E-state index contributed by atoms with van der Waals surface area (Å²) < 4.78 is 0. The fraction of sp³-hybridized carbons (Fsp3) is 0.357. The zero-order valence-electron chi connectivity index (χ0n) is 11.6. The van der Waals surface area contributed by atoms with Gasteiger partial charge in [-0.25, -0.2) is 4.79 Å². The van der Waals surface area contributed by atoms with Crippen LogP contribution in [0.3, 0.4) is 0 Å². The van der Waals surface area contributed by atoms with Crippen LogP contribution in [-0.2, 0) is 13.0 Å². The van der Waals surface area contributed by atoms with Crippen LogP contribution in [0.2, 0.25) is 0 Å². The molecule has 0 aliphatic carbocycles. The summed E-state index contributed by atoms with van der Waals surface area (Å²) in [6.07, 6.45) is 2.59. The zero-order valence-corrected chi connectivity index (χ0v) is 11.6. The Morgan fingerprint density at radius 1 is 1.50 bits per heavy atom. The normalized spacial score (nSPS) is 14.0. The van der Waals surface area contributed by atoms with E-state index in [-0.39, 0.29) is 6.03 Å². The van der Waals surface area contributed by atoms with Crippen molar-refractivity contribution in [1.29, 1.82) is 0 Å². The summed E-state index contributed by atoms with van der Waals surface area (Å²) in [5.74, 6) is 0. The first-order valence-electron chi connectivity index (χ1n) is 6.65. The molecule has 1 aliphatic rings. The van der Waals surface area contributed by atoms with Crippen molar-refractivity contribution in [3.8, 4) is 11.3 Å². The Kier molecular flexibility index (Phi) is 3.14. The Morgan fingerprint density at radius 3 is 3.10 bits per heavy atom. The lowest BCUT2D eigenvalue weighted by Crippen LogP contribution is -2.41. The van der Waals surface area contributed by atoms with E-state index in [1.807, 2.05) is 19.1 Å². The number of urea groups is 1. The number of nitrogens with zero attached hydrogens (tertiary/aromatic N) is 3. The maximum absolute atomic E-state index is 11.8. The SMILES string of the molecule is CNC(=O)N1CCc2[nH]nc(-c3ccnc(C)c3)c2C1. The van der Waals surface area contributed by atoms with Crippen LogP contribution in [0.5, 0.6) is 0 Å². The smallest absolute Gasteiger partial charge is 0.317 e. The first-order chi connectivity index (χ1) is 9.69. The fourth-order valence-electron chi connectivity index (χ4n) is 2.56. The van der Waals surface area contributed by atoms with Gasteiger partial charge in [0.05, 0.1) is 12.2 Å². The first-order valence-corrected chi connectivity index (χ1v) is 6.65. The van der Waals surface area contributed by atoms with Crippen molar-refractivity contribution < 1.29 is 4.79 Å². The lowest BCUT2D eigenvalue weighted by Gasteiger charge is -2.26. The Bertz CT molecular complexity index is 649. The third-order valence-corrected chi connectivity index (χ3v) is 3.60. The van der Waals surface area contributed by atoms with Crippen LogP contribution in [0.15, 0.2) is 18.3 Å². The van der Waals surface area contributed by atoms with Crippen LogP contribution < -0.4 is 5.32 Å². The van der Waals surface area contributed by atoms with Gasteiger partial charge in [-0.3, -0.25) is 10.1 Å². The molecule has 3 rings (SSSR count). The first kappa shape index (κ1) is 12.7. The van der Waals surface area contributed by atoms with Crippen LogP contribution in [0, 0.1) is 6.92 Å². The number of hydrogen-bond donors (Lipinski definition) is 2. The van der Waals surface area contributed by atoms with Crippen molar-refractivity contribution in [2.45, 2.75) is 19.9 Å². The molecule has 0 saturated carbocycles. The molecule has 1 aliphatic heterocycles. The third-order valence-electron chi connectivity index (χ3n) is 3.60. The molecule has 2 aromatic heterocycles. The largest absolute Gasteiger partial charge is 0.341 e. The van der Waals surface area contributed by atoms with Gasteiger partial charge in [-0.1, -0.05) is 0 Å². The van der Waals surface area contributed by atoms with Crippen molar-refractivity contribution in [2.24, 2.45) is 0 Å². The molecule has 6 heteroatoms. The van der Waals surface area contributed by atoms with Gasteiger partial charge in [-0.05, 0) is 19.1 Å². The molecule has 6 nitrogen and oxygen atoms in total. The topological polar surface area (TPSA) is 73.9 Å². The molecular formula is C14H17N5O. The zero-order chi connectivity index (χ0) is 14.1. The number of H-pyrrole nitrogens is 1. The summed E-state index contributed by atoms with van der Waals surface area (Å²) in [6, 6.07) is 3.91. The highest BCUT2D eigenvalue weighted by molar-refractivity contribution is 5.75. The second-order valence-electron chi connectivity index (χ2n) is 4.94. The van der Waals surface area contributed by atoms with Gasteiger partial charge in [-0.2, -0.15) is 5.10 Å². The Hall–Kier alpha value is -2.37. The van der Waals surface area contributed by atoms with Crippen molar-refractivity contribution in [3.05, 3.63) is 35.3 Å². The maximum atomic E-state index is 11.8. The summed E-state index contributed by atoms with van der Waals surface area (Å²) in [5.41, 5.74) is 5.13. The number of nitrogens with one attached hydrogen (secondary N) is 2. The summed E-state index contributed by atoms with van der Waals surface area (Å²) in [5, 5.41) is 10.2. The van der Waals surface area contributed by atoms with Crippen LogP contribution in [0.25, 0.3) is 11.3 Å². The Balaban J connectivity index is 1.97. The average Bonchev–Trinajstić information content (AvgIpc) is 2.89. The molecule has 20 heavy (non-hydrogen) atoms. The molecular weight excluding hydrogens is 254 g/mol. The quantitative estimate of drug-likeness (QED) is 0.825. The molecule has 3 heterocycles. The van der Waals surface area contributed by atoms with Gasteiger partial charge in [0.15, 0.2) is 0 Å². The molecule has 2 amide bonds. The molecule has 0 spiro atoms. The van der Waals surface area contributed by atoms with Crippen molar-refractivity contribution >= 4 is 6.03 Å². The summed E-state index contributed by atoms with van der Waals surface area (Å²) >= 11 is 0. The fourth-order valence-corrected chi connectivity index (χ4v) is 2.56. The van der Waals surface area contributed by atoms with E-state index in [1.54, 1.807) is 18.1 Å². The second kappa shape index (κ2) is 4.96. The van der Waals surface area contributed by atoms with Crippen LogP contribution in [0.1, 0.15) is 17.0 Å².